The molecule has 1 unspecified atom stereocenters. The van der Waals surface area contributed by atoms with Crippen molar-refractivity contribution in [3.8, 4) is 0 Å². The van der Waals surface area contributed by atoms with E-state index in [-0.39, 0.29) is 10.8 Å². The number of carbonyl (C=O) groups is 1. The fourth-order valence-electron chi connectivity index (χ4n) is 0.619. The third-order valence-electron chi connectivity index (χ3n) is 1.23. The Morgan fingerprint density at radius 1 is 1.79 bits per heavy atom. The summed E-state index contributed by atoms with van der Waals surface area (Å²) in [6, 6.07) is 0. The number of hydrogen-bond acceptors (Lipinski definition) is 7. The van der Waals surface area contributed by atoms with Crippen LogP contribution in [0.3, 0.4) is 0 Å². The van der Waals surface area contributed by atoms with Gasteiger partial charge in [-0.25, -0.2) is 0 Å². The van der Waals surface area contributed by atoms with Crippen molar-refractivity contribution in [3.05, 3.63) is 0 Å². The quantitative estimate of drug-likeness (QED) is 0.510. The summed E-state index contributed by atoms with van der Waals surface area (Å²) in [6.07, 6.45) is 0. The normalized spacial score (nSPS) is 12.4. The molecule has 1 atom stereocenters. The molecule has 1 aromatic rings. The van der Waals surface area contributed by atoms with Gasteiger partial charge in [-0.1, -0.05) is 39.0 Å². The number of anilines is 1. The lowest BCUT2D eigenvalue weighted by Crippen LogP contribution is -2.17. The maximum atomic E-state index is 11.0. The van der Waals surface area contributed by atoms with Crippen molar-refractivity contribution in [3.63, 3.8) is 0 Å². The summed E-state index contributed by atoms with van der Waals surface area (Å²) in [5, 5.41) is 7.89. The van der Waals surface area contributed by atoms with E-state index in [0.29, 0.717) is 10.9 Å². The summed E-state index contributed by atoms with van der Waals surface area (Å²) >= 11 is 5.90. The standard InChI is InChI=1S/C6H8BrN3O2S2/c1-12-4(11)3(7)2-13-6-10-9-5(8)14-6/h3H,2H2,1H3,(H2,8,9). The first-order valence-corrected chi connectivity index (χ1v) is 6.29. The summed E-state index contributed by atoms with van der Waals surface area (Å²) in [6.45, 7) is 0. The zero-order chi connectivity index (χ0) is 10.6. The van der Waals surface area contributed by atoms with Crippen LogP contribution in [0.5, 0.6) is 0 Å². The maximum Gasteiger partial charge on any atom is 0.320 e. The van der Waals surface area contributed by atoms with Crippen LogP contribution in [-0.2, 0) is 9.53 Å². The number of esters is 1. The molecule has 14 heavy (non-hydrogen) atoms. The lowest BCUT2D eigenvalue weighted by atomic mass is 10.5. The van der Waals surface area contributed by atoms with Crippen molar-refractivity contribution in [1.29, 1.82) is 0 Å². The Morgan fingerprint density at radius 3 is 3.00 bits per heavy atom. The van der Waals surface area contributed by atoms with Crippen LogP contribution in [0.25, 0.3) is 0 Å². The number of methoxy groups -OCH3 is 1. The molecule has 0 aromatic carbocycles. The summed E-state index contributed by atoms with van der Waals surface area (Å²) in [4.78, 5) is 10.7. The summed E-state index contributed by atoms with van der Waals surface area (Å²) in [7, 11) is 1.35. The van der Waals surface area contributed by atoms with Crippen LogP contribution in [0.1, 0.15) is 0 Å². The third kappa shape index (κ3) is 3.43. The number of nitrogens with zero attached hydrogens (tertiary/aromatic N) is 2. The first-order chi connectivity index (χ1) is 6.63. The number of halogens is 1. The first-order valence-electron chi connectivity index (χ1n) is 3.57. The summed E-state index contributed by atoms with van der Waals surface area (Å²) < 4.78 is 5.30. The lowest BCUT2D eigenvalue weighted by molar-refractivity contribution is -0.139. The number of nitrogens with two attached hydrogens (primary N) is 1. The van der Waals surface area contributed by atoms with Gasteiger partial charge in [-0.2, -0.15) is 0 Å². The SMILES string of the molecule is COC(=O)C(Br)CSc1nnc(N)s1. The molecule has 8 heteroatoms. The Labute approximate surface area is 97.5 Å². The second kappa shape index (κ2) is 5.52. The van der Waals surface area contributed by atoms with E-state index in [1.54, 1.807) is 0 Å². The molecule has 1 aromatic heterocycles. The van der Waals surface area contributed by atoms with E-state index in [1.165, 1.54) is 30.2 Å². The van der Waals surface area contributed by atoms with Crippen LogP contribution < -0.4 is 5.73 Å². The Balaban J connectivity index is 2.37. The van der Waals surface area contributed by atoms with Gasteiger partial charge in [0.2, 0.25) is 5.13 Å². The number of nitrogen functional groups attached to an aromatic ring is 1. The molecular weight excluding hydrogens is 290 g/mol. The van der Waals surface area contributed by atoms with Gasteiger partial charge in [0.05, 0.1) is 7.11 Å². The van der Waals surface area contributed by atoms with Crippen molar-refractivity contribution in [1.82, 2.24) is 10.2 Å². The van der Waals surface area contributed by atoms with Gasteiger partial charge in [-0.05, 0) is 0 Å². The average Bonchev–Trinajstić information content (AvgIpc) is 2.59. The molecule has 0 amide bonds. The lowest BCUT2D eigenvalue weighted by Gasteiger charge is -2.04. The van der Waals surface area contributed by atoms with Crippen LogP contribution in [0.2, 0.25) is 0 Å². The Bertz CT molecular complexity index is 320. The average molecular weight is 298 g/mol. The Hall–Kier alpha value is -0.340. The van der Waals surface area contributed by atoms with Crippen molar-refractivity contribution < 1.29 is 9.53 Å². The molecule has 0 aliphatic carbocycles. The van der Waals surface area contributed by atoms with Gasteiger partial charge in [0.15, 0.2) is 4.34 Å². The highest BCUT2D eigenvalue weighted by atomic mass is 79.9. The minimum Gasteiger partial charge on any atom is -0.468 e. The largest absolute Gasteiger partial charge is 0.468 e. The molecule has 0 saturated heterocycles. The molecule has 0 aliphatic rings. The minimum atomic E-state index is -0.331. The molecule has 0 aliphatic heterocycles. The molecule has 0 radical (unpaired) electrons. The number of thioether (sulfide) groups is 1. The predicted octanol–water partition coefficient (Wildman–Crippen LogP) is 1.15. The number of aromatic nitrogens is 2. The van der Waals surface area contributed by atoms with Crippen LogP contribution in [0, 0.1) is 0 Å². The van der Waals surface area contributed by atoms with E-state index >= 15 is 0 Å². The second-order valence-electron chi connectivity index (χ2n) is 2.21. The highest BCUT2D eigenvalue weighted by Crippen LogP contribution is 2.25. The Kier molecular flexibility index (Phi) is 4.63. The summed E-state index contributed by atoms with van der Waals surface area (Å²) in [5.41, 5.74) is 5.40. The third-order valence-corrected chi connectivity index (χ3v) is 4.34. The number of carbonyl (C=O) groups excluding carboxylic acids is 1. The molecule has 0 saturated carbocycles. The number of ether oxygens (including phenoxy) is 1. The van der Waals surface area contributed by atoms with Gasteiger partial charge in [0, 0.05) is 5.75 Å². The molecule has 0 fully saturated rings. The zero-order valence-corrected chi connectivity index (χ0v) is 10.5. The van der Waals surface area contributed by atoms with E-state index < -0.39 is 0 Å². The predicted molar refractivity (Wildman–Crippen MR) is 59.8 cm³/mol. The van der Waals surface area contributed by atoms with E-state index in [1.807, 2.05) is 0 Å². The molecule has 78 valence electrons. The Morgan fingerprint density at radius 2 is 2.50 bits per heavy atom. The van der Waals surface area contributed by atoms with Crippen LogP contribution in [0.4, 0.5) is 5.13 Å². The van der Waals surface area contributed by atoms with Gasteiger partial charge >= 0.3 is 5.97 Å². The van der Waals surface area contributed by atoms with Gasteiger partial charge in [0.1, 0.15) is 4.83 Å². The number of rotatable bonds is 4. The smallest absolute Gasteiger partial charge is 0.320 e. The van der Waals surface area contributed by atoms with Crippen molar-refractivity contribution in [2.75, 3.05) is 18.6 Å². The summed E-state index contributed by atoms with van der Waals surface area (Å²) in [5.74, 6) is 0.247. The molecule has 2 N–H and O–H groups in total. The zero-order valence-electron chi connectivity index (χ0n) is 7.27. The highest BCUT2D eigenvalue weighted by Gasteiger charge is 2.16. The number of alkyl halides is 1. The highest BCUT2D eigenvalue weighted by molar-refractivity contribution is 9.10. The molecule has 1 heterocycles. The second-order valence-corrected chi connectivity index (χ2v) is 5.59. The van der Waals surface area contributed by atoms with Crippen LogP contribution >= 0.6 is 39.0 Å². The van der Waals surface area contributed by atoms with E-state index in [4.69, 9.17) is 5.73 Å². The monoisotopic (exact) mass is 297 g/mol. The molecule has 0 spiro atoms. The van der Waals surface area contributed by atoms with Crippen molar-refractivity contribution >= 4 is 50.1 Å². The molecule has 1 rings (SSSR count). The molecule has 0 bridgehead atoms. The molecular formula is C6H8BrN3O2S2. The van der Waals surface area contributed by atoms with Crippen LogP contribution in [-0.4, -0.2) is 33.9 Å². The topological polar surface area (TPSA) is 78.1 Å². The fraction of sp³-hybridized carbons (Fsp3) is 0.500. The van der Waals surface area contributed by atoms with Crippen molar-refractivity contribution in [2.45, 2.75) is 9.17 Å². The minimum absolute atomic E-state index is 0.296. The van der Waals surface area contributed by atoms with Crippen molar-refractivity contribution in [2.24, 2.45) is 0 Å². The van der Waals surface area contributed by atoms with E-state index in [0.717, 1.165) is 4.34 Å². The van der Waals surface area contributed by atoms with Gasteiger partial charge in [0.25, 0.3) is 0 Å². The van der Waals surface area contributed by atoms with Crippen LogP contribution in [0.15, 0.2) is 4.34 Å². The van der Waals surface area contributed by atoms with Gasteiger partial charge in [-0.15, -0.1) is 10.2 Å². The van der Waals surface area contributed by atoms with Gasteiger partial charge in [-0.3, -0.25) is 4.79 Å². The fourth-order valence-corrected chi connectivity index (χ4v) is 2.76. The maximum absolute atomic E-state index is 11.0. The van der Waals surface area contributed by atoms with E-state index in [2.05, 4.69) is 30.9 Å². The van der Waals surface area contributed by atoms with E-state index in [9.17, 15) is 4.79 Å². The first kappa shape index (κ1) is 11.7. The number of hydrogen-bond donors (Lipinski definition) is 1. The van der Waals surface area contributed by atoms with Gasteiger partial charge < -0.3 is 10.5 Å². The molecule has 5 nitrogen and oxygen atoms in total.